The highest BCUT2D eigenvalue weighted by Gasteiger charge is 2.22. The van der Waals surface area contributed by atoms with E-state index >= 15 is 0 Å². The zero-order valence-electron chi connectivity index (χ0n) is 25.2. The lowest BCUT2D eigenvalue weighted by molar-refractivity contribution is -0.155. The third kappa shape index (κ3) is 16.8. The van der Waals surface area contributed by atoms with Crippen molar-refractivity contribution in [2.75, 3.05) is 34.2 Å². The molecule has 41 heavy (non-hydrogen) atoms. The van der Waals surface area contributed by atoms with Crippen LogP contribution in [0.5, 0.6) is 11.5 Å². The molecule has 0 radical (unpaired) electrons. The minimum Gasteiger partial charge on any atom is -0.493 e. The summed E-state index contributed by atoms with van der Waals surface area (Å²) < 4.78 is 42.3. The van der Waals surface area contributed by atoms with E-state index in [-0.39, 0.29) is 48.7 Å². The van der Waals surface area contributed by atoms with Crippen LogP contribution in [0.25, 0.3) is 0 Å². The van der Waals surface area contributed by atoms with Crippen LogP contribution in [0, 0.1) is 12.7 Å². The average molecular weight is 585 g/mol. The van der Waals surface area contributed by atoms with Gasteiger partial charge in [-0.1, -0.05) is 24.6 Å². The van der Waals surface area contributed by atoms with E-state index in [1.54, 1.807) is 33.1 Å². The topological polar surface area (TPSA) is 146 Å². The monoisotopic (exact) mass is 584 g/mol. The Morgan fingerprint density at radius 1 is 1.07 bits per heavy atom. The van der Waals surface area contributed by atoms with Gasteiger partial charge in [-0.3, -0.25) is 9.59 Å². The molecular weight excluding hydrogens is 539 g/mol. The van der Waals surface area contributed by atoms with Crippen LogP contribution in [0.4, 0.5) is 4.39 Å². The molecule has 11 nitrogen and oxygen atoms in total. The van der Waals surface area contributed by atoms with Crippen molar-refractivity contribution in [3.8, 4) is 11.5 Å². The van der Waals surface area contributed by atoms with Crippen LogP contribution in [-0.2, 0) is 28.5 Å². The molecule has 12 heteroatoms. The largest absolute Gasteiger partial charge is 0.493 e. The van der Waals surface area contributed by atoms with Gasteiger partial charge in [0, 0.05) is 40.2 Å². The van der Waals surface area contributed by atoms with Crippen molar-refractivity contribution in [3.05, 3.63) is 53.6 Å². The number of aryl methyl sites for hydroxylation is 1. The number of esters is 2. The van der Waals surface area contributed by atoms with Gasteiger partial charge >= 0.3 is 11.9 Å². The summed E-state index contributed by atoms with van der Waals surface area (Å²) in [6, 6.07) is 7.89. The highest BCUT2D eigenvalue weighted by Crippen LogP contribution is 2.29. The Balaban J connectivity index is 0. The smallest absolute Gasteiger partial charge is 0.334 e. The van der Waals surface area contributed by atoms with E-state index in [1.165, 1.54) is 31.5 Å². The molecule has 1 atom stereocenters. The maximum absolute atomic E-state index is 12.1. The summed E-state index contributed by atoms with van der Waals surface area (Å²) in [5, 5.41) is 0. The number of carbonyl (C=O) groups excluding carboxylic acids is 3. The SMILES string of the molecule is CCC(=O)O[C@@H](C)CC(C)(C)OC.CCOCC(=O)OCOc1c(OC)ccnc1C(N)=O.Cc1ccc(F)cc1.[HH]. The predicted molar refractivity (Wildman–Crippen MR) is 152 cm³/mol. The van der Waals surface area contributed by atoms with E-state index in [1.807, 2.05) is 27.7 Å². The number of aromatic nitrogens is 1. The summed E-state index contributed by atoms with van der Waals surface area (Å²) in [7, 11) is 3.06. The van der Waals surface area contributed by atoms with Gasteiger partial charge in [-0.15, -0.1) is 0 Å². The number of ether oxygens (including phenoxy) is 6. The number of carbonyl (C=O) groups is 3. The Morgan fingerprint density at radius 3 is 2.20 bits per heavy atom. The molecule has 2 N–H and O–H groups in total. The summed E-state index contributed by atoms with van der Waals surface area (Å²) in [6.07, 6.45) is 2.42. The van der Waals surface area contributed by atoms with Crippen LogP contribution in [0.3, 0.4) is 0 Å². The standard InChI is InChI=1S/C12H16N2O6.C10H20O3.C7H7F.H2/c1-3-18-6-9(15)19-7-20-11-8(17-2)4-5-14-10(11)12(13)16;1-6-9(11)13-8(2)7-10(3,4)12-5;1-6-2-4-7(8)5-3-6;/h4-5H,3,6-7H2,1-2H3,(H2,13,16);8H,6-7H2,1-5H3;2-5H,1H3;1H/t;8-;;/m.0../s1. The molecule has 0 fully saturated rings. The molecule has 0 unspecified atom stereocenters. The zero-order chi connectivity index (χ0) is 31.4. The molecule has 1 heterocycles. The van der Waals surface area contributed by atoms with Gasteiger partial charge in [-0.05, 0) is 46.8 Å². The lowest BCUT2D eigenvalue weighted by atomic mass is 10.0. The predicted octanol–water partition coefficient (Wildman–Crippen LogP) is 4.63. The van der Waals surface area contributed by atoms with E-state index in [9.17, 15) is 18.8 Å². The molecule has 1 amide bonds. The second-order valence-electron chi connectivity index (χ2n) is 9.09. The number of primary amides is 1. The highest BCUT2D eigenvalue weighted by molar-refractivity contribution is 5.94. The Morgan fingerprint density at radius 2 is 1.71 bits per heavy atom. The summed E-state index contributed by atoms with van der Waals surface area (Å²) >= 11 is 0. The molecule has 2 rings (SSSR count). The van der Waals surface area contributed by atoms with Crippen LogP contribution < -0.4 is 15.2 Å². The fourth-order valence-electron chi connectivity index (χ4n) is 2.95. The van der Waals surface area contributed by atoms with E-state index in [4.69, 9.17) is 34.2 Å². The second-order valence-corrected chi connectivity index (χ2v) is 9.09. The van der Waals surface area contributed by atoms with E-state index in [0.29, 0.717) is 13.0 Å². The first-order chi connectivity index (χ1) is 19.3. The number of rotatable bonds is 13. The molecule has 0 saturated carbocycles. The normalized spacial score (nSPS) is 11.0. The van der Waals surface area contributed by atoms with Gasteiger partial charge in [0.2, 0.25) is 6.79 Å². The second kappa shape index (κ2) is 20.2. The van der Waals surface area contributed by atoms with Gasteiger partial charge in [0.05, 0.1) is 12.7 Å². The summed E-state index contributed by atoms with van der Waals surface area (Å²) in [5.74, 6) is -1.41. The maximum Gasteiger partial charge on any atom is 0.334 e. The maximum atomic E-state index is 12.1. The van der Waals surface area contributed by atoms with Crippen molar-refractivity contribution in [1.82, 2.24) is 4.98 Å². The number of nitrogens with two attached hydrogens (primary N) is 1. The van der Waals surface area contributed by atoms with E-state index in [0.717, 1.165) is 12.0 Å². The first-order valence-corrected chi connectivity index (χ1v) is 13.0. The first kappa shape index (κ1) is 37.2. The average Bonchev–Trinajstić information content (AvgIpc) is 2.93. The number of nitrogens with zero attached hydrogens (tertiary/aromatic N) is 1. The highest BCUT2D eigenvalue weighted by atomic mass is 19.1. The Bertz CT molecular complexity index is 1050. The van der Waals surface area contributed by atoms with Crippen LogP contribution in [0.2, 0.25) is 0 Å². The van der Waals surface area contributed by atoms with E-state index < -0.39 is 18.7 Å². The molecular formula is C29H45FN2O9. The van der Waals surface area contributed by atoms with Crippen LogP contribution in [0.1, 0.15) is 64.9 Å². The molecule has 0 saturated heterocycles. The van der Waals surface area contributed by atoms with Crippen molar-refractivity contribution < 1.29 is 48.6 Å². The molecule has 0 spiro atoms. The molecule has 2 aromatic rings. The van der Waals surface area contributed by atoms with Crippen LogP contribution >= 0.6 is 0 Å². The third-order valence-corrected chi connectivity index (χ3v) is 5.13. The summed E-state index contributed by atoms with van der Waals surface area (Å²) in [6.45, 7) is 11.1. The van der Waals surface area contributed by atoms with Crippen molar-refractivity contribution in [3.63, 3.8) is 0 Å². The van der Waals surface area contributed by atoms with E-state index in [2.05, 4.69) is 4.98 Å². The molecule has 1 aromatic carbocycles. The number of amides is 1. The summed E-state index contributed by atoms with van der Waals surface area (Å²) in [5.41, 5.74) is 5.92. The zero-order valence-corrected chi connectivity index (χ0v) is 25.2. The quantitative estimate of drug-likeness (QED) is 0.261. The van der Waals surface area contributed by atoms with Gasteiger partial charge in [0.1, 0.15) is 18.5 Å². The number of hydrogen-bond acceptors (Lipinski definition) is 10. The first-order valence-electron chi connectivity index (χ1n) is 13.0. The molecule has 1 aromatic heterocycles. The van der Waals surface area contributed by atoms with Gasteiger partial charge in [0.15, 0.2) is 17.2 Å². The van der Waals surface area contributed by atoms with Crippen LogP contribution in [-0.4, -0.2) is 68.8 Å². The number of pyridine rings is 1. The summed E-state index contributed by atoms with van der Waals surface area (Å²) in [4.78, 5) is 37.1. The van der Waals surface area contributed by atoms with Crippen molar-refractivity contribution in [1.29, 1.82) is 0 Å². The Hall–Kier alpha value is -3.77. The fraction of sp³-hybridized carbons (Fsp3) is 0.517. The van der Waals surface area contributed by atoms with Gasteiger partial charge in [0.25, 0.3) is 5.91 Å². The Kier molecular flexibility index (Phi) is 18.3. The number of benzene rings is 1. The molecule has 0 aliphatic heterocycles. The van der Waals surface area contributed by atoms with Gasteiger partial charge in [-0.25, -0.2) is 14.2 Å². The molecule has 0 bridgehead atoms. The minimum atomic E-state index is -0.778. The lowest BCUT2D eigenvalue weighted by Crippen LogP contribution is -2.29. The lowest BCUT2D eigenvalue weighted by Gasteiger charge is -2.26. The molecule has 232 valence electrons. The number of hydrogen-bond donors (Lipinski definition) is 1. The molecule has 0 aliphatic rings. The van der Waals surface area contributed by atoms with Crippen LogP contribution in [0.15, 0.2) is 36.5 Å². The minimum absolute atomic E-state index is 0. The Labute approximate surface area is 242 Å². The van der Waals surface area contributed by atoms with Crippen molar-refractivity contribution >= 4 is 17.8 Å². The van der Waals surface area contributed by atoms with Gasteiger partial charge in [-0.2, -0.15) is 0 Å². The third-order valence-electron chi connectivity index (χ3n) is 5.13. The van der Waals surface area contributed by atoms with Crippen molar-refractivity contribution in [2.45, 2.75) is 66.1 Å². The molecule has 0 aliphatic carbocycles. The van der Waals surface area contributed by atoms with Gasteiger partial charge < -0.3 is 34.2 Å². The van der Waals surface area contributed by atoms with Crippen molar-refractivity contribution in [2.24, 2.45) is 5.73 Å². The number of halogens is 1. The fourth-order valence-corrected chi connectivity index (χ4v) is 2.95. The number of methoxy groups -OCH3 is 2.